The van der Waals surface area contributed by atoms with E-state index in [4.69, 9.17) is 5.11 Å². The van der Waals surface area contributed by atoms with E-state index in [9.17, 15) is 14.7 Å². The van der Waals surface area contributed by atoms with Gasteiger partial charge >= 0.3 is 35.7 Å². The Labute approximate surface area is 175 Å². The molecular weight excluding hydrogens is 331 g/mol. The molecule has 0 unspecified atom stereocenters. The smallest absolute Gasteiger partial charge is 0.550 e. The molecule has 0 spiro atoms. The molecule has 0 aromatic carbocycles. The minimum atomic E-state index is -1.18. The number of carboxylic acids is 1. The van der Waals surface area contributed by atoms with Crippen molar-refractivity contribution in [3.63, 3.8) is 0 Å². The zero-order valence-electron chi connectivity index (χ0n) is 16.1. The molecule has 0 rings (SSSR count). The van der Waals surface area contributed by atoms with E-state index in [0.717, 1.165) is 32.1 Å². The predicted molar refractivity (Wildman–Crippen MR) is 92.9 cm³/mol. The van der Waals surface area contributed by atoms with Crippen molar-refractivity contribution in [1.82, 2.24) is 0 Å². The Hall–Kier alpha value is -0.260. The van der Waals surface area contributed by atoms with Crippen molar-refractivity contribution in [2.45, 2.75) is 103 Å². The molecule has 25 heavy (non-hydrogen) atoms. The van der Waals surface area contributed by atoms with E-state index in [0.29, 0.717) is 6.61 Å². The second kappa shape index (κ2) is 21.8. The molecule has 0 saturated carbocycles. The first kappa shape index (κ1) is 27.0. The Morgan fingerprint density at radius 1 is 0.640 bits per heavy atom. The van der Waals surface area contributed by atoms with Gasteiger partial charge in [-0.2, -0.15) is 0 Å². The second-order valence-corrected chi connectivity index (χ2v) is 6.54. The van der Waals surface area contributed by atoms with Gasteiger partial charge in [0.2, 0.25) is 0 Å². The topological polar surface area (TPSA) is 86.7 Å². The summed E-state index contributed by atoms with van der Waals surface area (Å²) in [6, 6.07) is 0. The summed E-state index contributed by atoms with van der Waals surface area (Å²) in [5.41, 5.74) is 0. The summed E-state index contributed by atoms with van der Waals surface area (Å²) in [5.74, 6) is -0.929. The van der Waals surface area contributed by atoms with E-state index in [-0.39, 0.29) is 36.0 Å². The van der Waals surface area contributed by atoms with Gasteiger partial charge in [0.1, 0.15) is 0 Å². The number of hydrogen-bond acceptors (Lipinski definition) is 4. The summed E-state index contributed by atoms with van der Waals surface area (Å²) in [6.45, 7) is 0.325. The molecule has 0 aliphatic carbocycles. The van der Waals surface area contributed by atoms with Crippen molar-refractivity contribution >= 4 is 12.1 Å². The van der Waals surface area contributed by atoms with E-state index >= 15 is 0 Å². The van der Waals surface area contributed by atoms with Gasteiger partial charge in [-0.05, 0) is 19.3 Å². The summed E-state index contributed by atoms with van der Waals surface area (Å²) in [4.78, 5) is 20.4. The van der Waals surface area contributed by atoms with E-state index in [1.165, 1.54) is 64.2 Å². The molecule has 0 radical (unpaired) electrons. The molecule has 6 heteroatoms. The van der Waals surface area contributed by atoms with Crippen LogP contribution in [0.15, 0.2) is 0 Å². The monoisotopic (exact) mass is 366 g/mol. The predicted octanol–water partition coefficient (Wildman–Crippen LogP) is 1.68. The average Bonchev–Trinajstić information content (AvgIpc) is 2.53. The molecule has 0 aliphatic rings. The van der Waals surface area contributed by atoms with Crippen molar-refractivity contribution in [1.29, 1.82) is 0 Å². The molecule has 0 aromatic heterocycles. The van der Waals surface area contributed by atoms with Gasteiger partial charge in [-0.1, -0.05) is 83.5 Å². The van der Waals surface area contributed by atoms with Gasteiger partial charge in [0.25, 0.3) is 0 Å². The van der Waals surface area contributed by atoms with Crippen LogP contribution in [0.25, 0.3) is 0 Å². The van der Waals surface area contributed by atoms with Crippen LogP contribution < -0.4 is 34.7 Å². The Morgan fingerprint density at radius 3 is 1.28 bits per heavy atom. The molecule has 0 saturated heterocycles. The van der Waals surface area contributed by atoms with Crippen LogP contribution in [0.4, 0.5) is 4.79 Å². The van der Waals surface area contributed by atoms with E-state index < -0.39 is 12.1 Å². The van der Waals surface area contributed by atoms with Crippen molar-refractivity contribution in [3.05, 3.63) is 0 Å². The Kier molecular flexibility index (Phi) is 23.5. The number of ether oxygens (including phenoxy) is 1. The third-order valence-corrected chi connectivity index (χ3v) is 4.25. The zero-order valence-corrected chi connectivity index (χ0v) is 18.1. The largest absolute Gasteiger partial charge is 1.00 e. The fraction of sp³-hybridized carbons (Fsp3) is 0.895. The van der Waals surface area contributed by atoms with Crippen molar-refractivity contribution in [3.8, 4) is 0 Å². The molecule has 142 valence electrons. The number of unbranched alkanes of at least 4 members (excludes halogenated alkanes) is 14. The van der Waals surface area contributed by atoms with Gasteiger partial charge in [0.05, 0.1) is 6.61 Å². The normalized spacial score (nSPS) is 10.2. The van der Waals surface area contributed by atoms with Crippen molar-refractivity contribution in [2.75, 3.05) is 6.61 Å². The van der Waals surface area contributed by atoms with Gasteiger partial charge in [-0.25, -0.2) is 4.79 Å². The summed E-state index contributed by atoms with van der Waals surface area (Å²) >= 11 is 0. The number of carbonyl (C=O) groups is 2. The van der Waals surface area contributed by atoms with Gasteiger partial charge in [-0.15, -0.1) is 0 Å². The van der Waals surface area contributed by atoms with E-state index in [1.54, 1.807) is 0 Å². The van der Waals surface area contributed by atoms with Gasteiger partial charge in [0.15, 0.2) is 0 Å². The molecule has 0 aromatic rings. The Morgan fingerprint density at radius 2 is 0.960 bits per heavy atom. The second-order valence-electron chi connectivity index (χ2n) is 6.54. The molecule has 0 bridgehead atoms. The van der Waals surface area contributed by atoms with Crippen LogP contribution in [0.1, 0.15) is 103 Å². The molecular formula is C19H35NaO5. The van der Waals surface area contributed by atoms with Crippen LogP contribution in [0, 0.1) is 0 Å². The van der Waals surface area contributed by atoms with Crippen molar-refractivity contribution in [2.24, 2.45) is 0 Å². The van der Waals surface area contributed by atoms with Gasteiger partial charge in [0, 0.05) is 5.97 Å². The summed E-state index contributed by atoms with van der Waals surface area (Å²) < 4.78 is 4.46. The van der Waals surface area contributed by atoms with Crippen LogP contribution in [-0.2, 0) is 9.53 Å². The van der Waals surface area contributed by atoms with Gasteiger partial charge in [-0.3, -0.25) is 0 Å². The Balaban J connectivity index is 0. The first-order valence-electron chi connectivity index (χ1n) is 9.68. The van der Waals surface area contributed by atoms with Crippen LogP contribution in [0.2, 0.25) is 0 Å². The maximum atomic E-state index is 10.2. The average molecular weight is 366 g/mol. The molecule has 0 fully saturated rings. The maximum Gasteiger partial charge on any atom is 1.00 e. The minimum absolute atomic E-state index is 0. The number of hydrogen-bond donors (Lipinski definition) is 1. The van der Waals surface area contributed by atoms with Crippen LogP contribution >= 0.6 is 0 Å². The molecule has 0 amide bonds. The fourth-order valence-electron chi connectivity index (χ4n) is 2.83. The molecule has 0 atom stereocenters. The SMILES string of the molecule is O=C([O-])CCCCCCCCCCCCCCCCCOC(=O)O.[Na+]. The third kappa shape index (κ3) is 26.1. The van der Waals surface area contributed by atoms with Gasteiger partial charge < -0.3 is 19.7 Å². The first-order chi connectivity index (χ1) is 11.6. The third-order valence-electron chi connectivity index (χ3n) is 4.25. The summed E-state index contributed by atoms with van der Waals surface area (Å²) in [7, 11) is 0. The first-order valence-corrected chi connectivity index (χ1v) is 9.68. The summed E-state index contributed by atoms with van der Waals surface area (Å²) in [5, 5.41) is 18.6. The minimum Gasteiger partial charge on any atom is -0.550 e. The van der Waals surface area contributed by atoms with Crippen LogP contribution in [0.3, 0.4) is 0 Å². The number of rotatable bonds is 18. The van der Waals surface area contributed by atoms with Crippen LogP contribution in [0.5, 0.6) is 0 Å². The molecule has 0 aliphatic heterocycles. The molecule has 5 nitrogen and oxygen atoms in total. The Bertz CT molecular complexity index is 280. The summed E-state index contributed by atoms with van der Waals surface area (Å²) in [6.07, 6.45) is 16.5. The standard InChI is InChI=1S/C19H36O5.Na/c20-18(21)16-14-12-10-8-6-4-2-1-3-5-7-9-11-13-15-17-24-19(22)23;/h1-17H2,(H,20,21)(H,22,23);/q;+1/p-1. The quantitative estimate of drug-likeness (QED) is 0.227. The zero-order chi connectivity index (χ0) is 17.9. The maximum absolute atomic E-state index is 10.2. The van der Waals surface area contributed by atoms with E-state index in [2.05, 4.69) is 4.74 Å². The number of carboxylic acid groups (broad SMARTS) is 2. The van der Waals surface area contributed by atoms with Crippen molar-refractivity contribution < 1.29 is 54.1 Å². The fourth-order valence-corrected chi connectivity index (χ4v) is 2.83. The number of carbonyl (C=O) groups excluding carboxylic acids is 1. The number of aliphatic carboxylic acids is 1. The molecule has 0 heterocycles. The van der Waals surface area contributed by atoms with E-state index in [1.807, 2.05) is 0 Å². The molecule has 1 N–H and O–H groups in total. The van der Waals surface area contributed by atoms with Crippen LogP contribution in [-0.4, -0.2) is 23.8 Å².